The molecule has 1 saturated heterocycles. The average molecular weight is 308 g/mol. The first-order valence-corrected chi connectivity index (χ1v) is 8.74. The van der Waals surface area contributed by atoms with Crippen LogP contribution in [-0.2, 0) is 9.53 Å². The van der Waals surface area contributed by atoms with Crippen molar-refractivity contribution in [3.63, 3.8) is 0 Å². The summed E-state index contributed by atoms with van der Waals surface area (Å²) in [5.74, 6) is 1.17. The molecule has 0 aromatic rings. The maximum absolute atomic E-state index is 12.2. The maximum atomic E-state index is 12.2. The molecule has 0 bridgehead atoms. The van der Waals surface area contributed by atoms with Gasteiger partial charge in [-0.2, -0.15) is 0 Å². The van der Waals surface area contributed by atoms with E-state index in [2.05, 4.69) is 13.5 Å². The Hall–Kier alpha value is -0.970. The quantitative estimate of drug-likeness (QED) is 0.356. The molecule has 5 heteroatoms. The molecule has 1 heterocycles. The van der Waals surface area contributed by atoms with Gasteiger partial charge in [-0.05, 0) is 43.4 Å². The molecule has 4 nitrogen and oxygen atoms in total. The number of fused-ring (bicyclic) bond motifs is 2. The van der Waals surface area contributed by atoms with Crippen molar-refractivity contribution in [3.8, 4) is 0 Å². The van der Waals surface area contributed by atoms with Crippen LogP contribution in [0.3, 0.4) is 0 Å². The third-order valence-electron chi connectivity index (χ3n) is 5.74. The number of esters is 1. The molecular formula is C16H24N2O2S. The summed E-state index contributed by atoms with van der Waals surface area (Å²) in [4.78, 5) is 12.2. The summed E-state index contributed by atoms with van der Waals surface area (Å²) in [5, 5.41) is 7.42. The highest BCUT2D eigenvalue weighted by molar-refractivity contribution is 8.13. The summed E-state index contributed by atoms with van der Waals surface area (Å²) < 4.78 is 5.67. The summed E-state index contributed by atoms with van der Waals surface area (Å²) >= 11 is 1.26. The first-order chi connectivity index (χ1) is 9.90. The van der Waals surface area contributed by atoms with Crippen LogP contribution in [0.5, 0.6) is 0 Å². The van der Waals surface area contributed by atoms with E-state index in [4.69, 9.17) is 15.9 Å². The minimum Gasteiger partial charge on any atom is -0.462 e. The SMILES string of the molecule is C=C1CCC[C@]2(C)C[C@H]3OC(=O)[C@@H](CSC(=N)N)[C@H]3C[C@@H]12. The molecule has 3 aliphatic rings. The number of nitrogens with one attached hydrogen (secondary N) is 1. The highest BCUT2D eigenvalue weighted by atomic mass is 32.2. The highest BCUT2D eigenvalue weighted by Crippen LogP contribution is 2.57. The molecule has 0 radical (unpaired) electrons. The summed E-state index contributed by atoms with van der Waals surface area (Å²) in [6.45, 7) is 6.63. The minimum absolute atomic E-state index is 0.0576. The second-order valence-electron chi connectivity index (χ2n) is 7.08. The van der Waals surface area contributed by atoms with Crippen molar-refractivity contribution in [2.24, 2.45) is 28.9 Å². The Bertz CT molecular complexity index is 493. The maximum Gasteiger partial charge on any atom is 0.310 e. The van der Waals surface area contributed by atoms with Crippen LogP contribution in [0.1, 0.15) is 39.0 Å². The van der Waals surface area contributed by atoms with Crippen molar-refractivity contribution in [1.29, 1.82) is 5.41 Å². The van der Waals surface area contributed by atoms with Gasteiger partial charge >= 0.3 is 5.97 Å². The van der Waals surface area contributed by atoms with E-state index in [1.807, 2.05) is 0 Å². The van der Waals surface area contributed by atoms with Gasteiger partial charge in [-0.3, -0.25) is 10.2 Å². The van der Waals surface area contributed by atoms with Crippen LogP contribution in [0.25, 0.3) is 0 Å². The van der Waals surface area contributed by atoms with Crippen molar-refractivity contribution in [3.05, 3.63) is 12.2 Å². The summed E-state index contributed by atoms with van der Waals surface area (Å²) in [5.41, 5.74) is 7.02. The molecule has 3 fully saturated rings. The Morgan fingerprint density at radius 2 is 2.38 bits per heavy atom. The van der Waals surface area contributed by atoms with Crippen molar-refractivity contribution < 1.29 is 9.53 Å². The van der Waals surface area contributed by atoms with Gasteiger partial charge in [0, 0.05) is 11.7 Å². The van der Waals surface area contributed by atoms with Gasteiger partial charge in [-0.1, -0.05) is 30.8 Å². The lowest BCUT2D eigenvalue weighted by Gasteiger charge is -2.50. The number of carbonyl (C=O) groups excluding carboxylic acids is 1. The predicted molar refractivity (Wildman–Crippen MR) is 85.1 cm³/mol. The number of nitrogens with two attached hydrogens (primary N) is 1. The van der Waals surface area contributed by atoms with E-state index in [0.29, 0.717) is 11.7 Å². The number of allylic oxidation sites excluding steroid dienone is 1. The molecular weight excluding hydrogens is 284 g/mol. The number of carbonyl (C=O) groups is 1. The number of hydrogen-bond donors (Lipinski definition) is 2. The fraction of sp³-hybridized carbons (Fsp3) is 0.750. The van der Waals surface area contributed by atoms with Crippen molar-refractivity contribution >= 4 is 22.9 Å². The van der Waals surface area contributed by atoms with Gasteiger partial charge in [-0.25, -0.2) is 0 Å². The second kappa shape index (κ2) is 5.34. The summed E-state index contributed by atoms with van der Waals surface area (Å²) in [7, 11) is 0. The molecule has 1 aliphatic heterocycles. The highest BCUT2D eigenvalue weighted by Gasteiger charge is 2.54. The normalized spacial score (nSPS) is 42.1. The van der Waals surface area contributed by atoms with Crippen LogP contribution in [0.15, 0.2) is 12.2 Å². The van der Waals surface area contributed by atoms with Gasteiger partial charge in [0.25, 0.3) is 0 Å². The number of hydrogen-bond acceptors (Lipinski definition) is 4. The van der Waals surface area contributed by atoms with Gasteiger partial charge in [0.1, 0.15) is 6.10 Å². The Morgan fingerprint density at radius 1 is 1.62 bits per heavy atom. The van der Waals surface area contributed by atoms with Crippen LogP contribution in [0, 0.1) is 28.6 Å². The number of rotatable bonds is 2. The zero-order valence-corrected chi connectivity index (χ0v) is 13.4. The predicted octanol–water partition coefficient (Wildman–Crippen LogP) is 2.93. The lowest BCUT2D eigenvalue weighted by Crippen LogP contribution is -2.44. The molecule has 21 heavy (non-hydrogen) atoms. The van der Waals surface area contributed by atoms with Crippen LogP contribution < -0.4 is 5.73 Å². The third kappa shape index (κ3) is 2.60. The Kier molecular flexibility index (Phi) is 3.80. The molecule has 5 atom stereocenters. The van der Waals surface area contributed by atoms with E-state index in [9.17, 15) is 4.79 Å². The van der Waals surface area contributed by atoms with Crippen molar-refractivity contribution in [2.75, 3.05) is 5.75 Å². The van der Waals surface area contributed by atoms with Crippen LogP contribution in [0.2, 0.25) is 0 Å². The van der Waals surface area contributed by atoms with Gasteiger partial charge < -0.3 is 10.5 Å². The monoisotopic (exact) mass is 308 g/mol. The van der Waals surface area contributed by atoms with E-state index >= 15 is 0 Å². The molecule has 0 unspecified atom stereocenters. The number of thioether (sulfide) groups is 1. The standard InChI is InChI=1S/C16H24N2O2S/c1-9-4-3-5-16(2)7-13-10(6-12(9)16)11(14(19)20-13)8-21-15(17)18/h10-13H,1,3-8H2,2H3,(H3,17,18)/t10-,11+,12+,13-,16-/m1/s1. The molecule has 0 aromatic heterocycles. The molecule has 116 valence electrons. The van der Waals surface area contributed by atoms with Crippen LogP contribution >= 0.6 is 11.8 Å². The Balaban J connectivity index is 1.78. The third-order valence-corrected chi connectivity index (χ3v) is 6.58. The molecule has 2 saturated carbocycles. The lowest BCUT2D eigenvalue weighted by molar-refractivity contribution is -0.145. The van der Waals surface area contributed by atoms with Gasteiger partial charge in [0.15, 0.2) is 5.17 Å². The second-order valence-corrected chi connectivity index (χ2v) is 8.14. The molecule has 0 spiro atoms. The molecule has 2 aliphatic carbocycles. The molecule has 3 rings (SSSR count). The summed E-state index contributed by atoms with van der Waals surface area (Å²) in [6, 6.07) is 0. The van der Waals surface area contributed by atoms with Gasteiger partial charge in [-0.15, -0.1) is 0 Å². The minimum atomic E-state index is -0.108. The van der Waals surface area contributed by atoms with E-state index in [1.54, 1.807) is 0 Å². The molecule has 3 N–H and O–H groups in total. The van der Waals surface area contributed by atoms with Gasteiger partial charge in [0.2, 0.25) is 0 Å². The smallest absolute Gasteiger partial charge is 0.310 e. The van der Waals surface area contributed by atoms with Crippen molar-refractivity contribution in [1.82, 2.24) is 0 Å². The van der Waals surface area contributed by atoms with E-state index < -0.39 is 0 Å². The first kappa shape index (κ1) is 14.9. The molecule has 0 amide bonds. The zero-order chi connectivity index (χ0) is 15.2. The Morgan fingerprint density at radius 3 is 3.10 bits per heavy atom. The number of amidine groups is 1. The fourth-order valence-corrected chi connectivity index (χ4v) is 5.37. The van der Waals surface area contributed by atoms with E-state index in [1.165, 1.54) is 30.2 Å². The topological polar surface area (TPSA) is 76.2 Å². The number of ether oxygens (including phenoxy) is 1. The van der Waals surface area contributed by atoms with E-state index in [-0.39, 0.29) is 34.5 Å². The largest absolute Gasteiger partial charge is 0.462 e. The zero-order valence-electron chi connectivity index (χ0n) is 12.6. The van der Waals surface area contributed by atoms with Crippen LogP contribution in [-0.4, -0.2) is 23.0 Å². The lowest BCUT2D eigenvalue weighted by atomic mass is 9.55. The van der Waals surface area contributed by atoms with E-state index in [0.717, 1.165) is 19.3 Å². The summed E-state index contributed by atoms with van der Waals surface area (Å²) in [6.07, 6.45) is 5.58. The first-order valence-electron chi connectivity index (χ1n) is 7.76. The van der Waals surface area contributed by atoms with Crippen LogP contribution in [0.4, 0.5) is 0 Å². The average Bonchev–Trinajstić information content (AvgIpc) is 2.68. The molecule has 0 aromatic carbocycles. The van der Waals surface area contributed by atoms with Gasteiger partial charge in [0.05, 0.1) is 5.92 Å². The van der Waals surface area contributed by atoms with Crippen molar-refractivity contribution in [2.45, 2.75) is 45.1 Å². The Labute approximate surface area is 130 Å². The fourth-order valence-electron chi connectivity index (χ4n) is 4.63.